The maximum atomic E-state index is 13.4. The van der Waals surface area contributed by atoms with Crippen molar-refractivity contribution in [3.05, 3.63) is 29.6 Å². The molecule has 1 aromatic rings. The molecule has 0 aliphatic rings. The summed E-state index contributed by atoms with van der Waals surface area (Å²) < 4.78 is 39.6. The van der Waals surface area contributed by atoms with Crippen LogP contribution in [0.3, 0.4) is 0 Å². The first-order chi connectivity index (χ1) is 9.63. The van der Waals surface area contributed by atoms with E-state index in [9.17, 15) is 17.6 Å². The number of carbonyl (C=O) groups excluding carboxylic acids is 1. The highest BCUT2D eigenvalue weighted by Gasteiger charge is 2.18. The molecule has 0 aliphatic carbocycles. The van der Waals surface area contributed by atoms with E-state index in [1.807, 2.05) is 0 Å². The molecule has 4 N–H and O–H groups in total. The minimum absolute atomic E-state index is 0.103. The van der Waals surface area contributed by atoms with E-state index in [-0.39, 0.29) is 21.5 Å². The Kier molecular flexibility index (Phi) is 5.76. The fraction of sp³-hybridized carbons (Fsp3) is 0.333. The van der Waals surface area contributed by atoms with Gasteiger partial charge < -0.3 is 11.1 Å². The summed E-state index contributed by atoms with van der Waals surface area (Å²) in [6.07, 6.45) is 0. The molecule has 1 rings (SSSR count). The molecule has 0 aromatic heterocycles. The Morgan fingerprint density at radius 1 is 1.43 bits per heavy atom. The summed E-state index contributed by atoms with van der Waals surface area (Å²) in [5.41, 5.74) is 5.15. The molecule has 0 aliphatic heterocycles. The predicted molar refractivity (Wildman–Crippen MR) is 80.8 cm³/mol. The SMILES string of the molecule is CC(C)NC(=O)CNS(=O)(=O)c1ccc(F)c(C(N)=S)c1. The number of halogens is 1. The van der Waals surface area contributed by atoms with Gasteiger partial charge in [-0.1, -0.05) is 12.2 Å². The van der Waals surface area contributed by atoms with Crippen LogP contribution in [0.15, 0.2) is 23.1 Å². The third kappa shape index (κ3) is 5.03. The van der Waals surface area contributed by atoms with Gasteiger partial charge in [-0.05, 0) is 32.0 Å². The average Bonchev–Trinajstić information content (AvgIpc) is 2.35. The van der Waals surface area contributed by atoms with Crippen LogP contribution in [0.25, 0.3) is 0 Å². The highest BCUT2D eigenvalue weighted by Crippen LogP contribution is 2.15. The van der Waals surface area contributed by atoms with Crippen molar-refractivity contribution in [2.75, 3.05) is 6.54 Å². The van der Waals surface area contributed by atoms with Crippen LogP contribution in [-0.2, 0) is 14.8 Å². The van der Waals surface area contributed by atoms with Crippen molar-refractivity contribution < 1.29 is 17.6 Å². The molecule has 0 spiro atoms. The van der Waals surface area contributed by atoms with Crippen LogP contribution in [0.1, 0.15) is 19.4 Å². The first kappa shape index (κ1) is 17.5. The molecule has 0 atom stereocenters. The summed E-state index contributed by atoms with van der Waals surface area (Å²) in [5, 5.41) is 2.54. The molecular weight excluding hydrogens is 317 g/mol. The molecular formula is C12H16FN3O3S2. The molecule has 6 nitrogen and oxygen atoms in total. The highest BCUT2D eigenvalue weighted by atomic mass is 32.2. The Hall–Kier alpha value is -1.58. The predicted octanol–water partition coefficient (Wildman–Crippen LogP) is 0.263. The minimum atomic E-state index is -3.96. The van der Waals surface area contributed by atoms with Crippen molar-refractivity contribution in [3.8, 4) is 0 Å². The molecule has 0 unspecified atom stereocenters. The zero-order valence-electron chi connectivity index (χ0n) is 11.5. The lowest BCUT2D eigenvalue weighted by Crippen LogP contribution is -2.39. The Morgan fingerprint density at radius 3 is 2.57 bits per heavy atom. The summed E-state index contributed by atoms with van der Waals surface area (Å²) in [6.45, 7) is 3.09. The summed E-state index contributed by atoms with van der Waals surface area (Å²) in [6, 6.07) is 2.95. The lowest BCUT2D eigenvalue weighted by Gasteiger charge is -2.10. The molecule has 116 valence electrons. The van der Waals surface area contributed by atoms with E-state index in [4.69, 9.17) is 5.73 Å². The Balaban J connectivity index is 2.91. The molecule has 0 bridgehead atoms. The molecule has 9 heteroatoms. The van der Waals surface area contributed by atoms with Crippen molar-refractivity contribution >= 4 is 33.1 Å². The van der Waals surface area contributed by atoms with E-state index >= 15 is 0 Å². The summed E-state index contributed by atoms with van der Waals surface area (Å²) in [7, 11) is -3.96. The second-order valence-electron chi connectivity index (χ2n) is 4.55. The van der Waals surface area contributed by atoms with E-state index in [0.29, 0.717) is 0 Å². The molecule has 0 heterocycles. The van der Waals surface area contributed by atoms with Crippen LogP contribution in [0.2, 0.25) is 0 Å². The number of hydrogen-bond donors (Lipinski definition) is 3. The van der Waals surface area contributed by atoms with Gasteiger partial charge in [0.15, 0.2) is 0 Å². The van der Waals surface area contributed by atoms with Crippen molar-refractivity contribution in [2.45, 2.75) is 24.8 Å². The number of benzene rings is 1. The van der Waals surface area contributed by atoms with Crippen LogP contribution in [0, 0.1) is 5.82 Å². The van der Waals surface area contributed by atoms with Gasteiger partial charge in [0.25, 0.3) is 0 Å². The van der Waals surface area contributed by atoms with Gasteiger partial charge in [0.05, 0.1) is 11.4 Å². The van der Waals surface area contributed by atoms with Gasteiger partial charge in [-0.25, -0.2) is 17.5 Å². The normalized spacial score (nSPS) is 11.4. The number of nitrogens with two attached hydrogens (primary N) is 1. The van der Waals surface area contributed by atoms with E-state index in [1.54, 1.807) is 13.8 Å². The molecule has 1 aromatic carbocycles. The van der Waals surface area contributed by atoms with E-state index in [0.717, 1.165) is 18.2 Å². The van der Waals surface area contributed by atoms with Gasteiger partial charge in [-0.15, -0.1) is 0 Å². The number of hydrogen-bond acceptors (Lipinski definition) is 4. The Labute approximate surface area is 128 Å². The number of amides is 1. The van der Waals surface area contributed by atoms with Crippen molar-refractivity contribution in [3.63, 3.8) is 0 Å². The number of carbonyl (C=O) groups is 1. The van der Waals surface area contributed by atoms with Gasteiger partial charge in [-0.2, -0.15) is 0 Å². The minimum Gasteiger partial charge on any atom is -0.389 e. The van der Waals surface area contributed by atoms with Crippen LogP contribution in [-0.4, -0.2) is 31.9 Å². The van der Waals surface area contributed by atoms with E-state index < -0.39 is 28.3 Å². The summed E-state index contributed by atoms with van der Waals surface area (Å²) >= 11 is 4.64. The molecule has 0 saturated carbocycles. The monoisotopic (exact) mass is 333 g/mol. The number of thiocarbonyl (C=S) groups is 1. The molecule has 1 amide bonds. The second-order valence-corrected chi connectivity index (χ2v) is 6.76. The lowest BCUT2D eigenvalue weighted by atomic mass is 10.2. The first-order valence-corrected chi connectivity index (χ1v) is 7.91. The number of rotatable bonds is 6. The Morgan fingerprint density at radius 2 is 2.05 bits per heavy atom. The quantitative estimate of drug-likeness (QED) is 0.649. The van der Waals surface area contributed by atoms with Crippen LogP contribution in [0.4, 0.5) is 4.39 Å². The van der Waals surface area contributed by atoms with Crippen LogP contribution < -0.4 is 15.8 Å². The molecule has 0 saturated heterocycles. The standard InChI is InChI=1S/C12H16FN3O3S2/c1-7(2)16-11(17)6-15-21(18,19)8-3-4-10(13)9(5-8)12(14)20/h3-5,7,15H,6H2,1-2H3,(H2,14,20)(H,16,17). The topological polar surface area (TPSA) is 101 Å². The molecule has 0 fully saturated rings. The van der Waals surface area contributed by atoms with Gasteiger partial charge in [-0.3, -0.25) is 4.79 Å². The van der Waals surface area contributed by atoms with Gasteiger partial charge in [0, 0.05) is 11.6 Å². The fourth-order valence-corrected chi connectivity index (χ4v) is 2.64. The first-order valence-electron chi connectivity index (χ1n) is 6.02. The third-order valence-corrected chi connectivity index (χ3v) is 4.00. The van der Waals surface area contributed by atoms with Crippen molar-refractivity contribution in [1.29, 1.82) is 0 Å². The molecule has 21 heavy (non-hydrogen) atoms. The van der Waals surface area contributed by atoms with Crippen molar-refractivity contribution in [1.82, 2.24) is 10.0 Å². The third-order valence-electron chi connectivity index (χ3n) is 2.39. The molecule has 0 radical (unpaired) electrons. The van der Waals surface area contributed by atoms with Gasteiger partial charge >= 0.3 is 0 Å². The maximum Gasteiger partial charge on any atom is 0.241 e. The zero-order chi connectivity index (χ0) is 16.2. The second kappa shape index (κ2) is 6.92. The average molecular weight is 333 g/mol. The fourth-order valence-electron chi connectivity index (χ4n) is 1.48. The van der Waals surface area contributed by atoms with E-state index in [2.05, 4.69) is 22.3 Å². The van der Waals surface area contributed by atoms with Gasteiger partial charge in [0.2, 0.25) is 15.9 Å². The highest BCUT2D eigenvalue weighted by molar-refractivity contribution is 7.89. The smallest absolute Gasteiger partial charge is 0.241 e. The summed E-state index contributed by atoms with van der Waals surface area (Å²) in [5.74, 6) is -1.18. The van der Waals surface area contributed by atoms with Gasteiger partial charge in [0.1, 0.15) is 10.8 Å². The maximum absolute atomic E-state index is 13.4. The summed E-state index contributed by atoms with van der Waals surface area (Å²) in [4.78, 5) is 11.0. The number of sulfonamides is 1. The lowest BCUT2D eigenvalue weighted by molar-refractivity contribution is -0.120. The van der Waals surface area contributed by atoms with Crippen molar-refractivity contribution in [2.24, 2.45) is 5.73 Å². The van der Waals surface area contributed by atoms with Crippen LogP contribution in [0.5, 0.6) is 0 Å². The van der Waals surface area contributed by atoms with E-state index in [1.165, 1.54) is 0 Å². The Bertz CT molecular complexity index is 660. The largest absolute Gasteiger partial charge is 0.389 e. The number of nitrogens with one attached hydrogen (secondary N) is 2. The van der Waals surface area contributed by atoms with Crippen LogP contribution >= 0.6 is 12.2 Å². The zero-order valence-corrected chi connectivity index (χ0v) is 13.1.